The van der Waals surface area contributed by atoms with E-state index in [4.69, 9.17) is 0 Å². The second kappa shape index (κ2) is 4.26. The van der Waals surface area contributed by atoms with Gasteiger partial charge in [-0.3, -0.25) is 4.79 Å². The van der Waals surface area contributed by atoms with Gasteiger partial charge >= 0.3 is 0 Å². The van der Waals surface area contributed by atoms with E-state index in [1.807, 2.05) is 31.2 Å². The van der Waals surface area contributed by atoms with E-state index in [2.05, 4.69) is 12.2 Å². The third kappa shape index (κ3) is 2.24. The first-order valence-electron chi connectivity index (χ1n) is 5.23. The van der Waals surface area contributed by atoms with Crippen LogP contribution in [0.1, 0.15) is 19.8 Å². The van der Waals surface area contributed by atoms with Crippen LogP contribution in [0.25, 0.3) is 0 Å². The zero-order valence-corrected chi connectivity index (χ0v) is 8.86. The Kier molecular flexibility index (Phi) is 2.82. The highest BCUT2D eigenvalue weighted by atomic mass is 16.1. The molecule has 0 heterocycles. The molecule has 76 valence electrons. The molecule has 0 aromatic heterocycles. The van der Waals surface area contributed by atoms with Crippen LogP contribution in [0.3, 0.4) is 0 Å². The minimum atomic E-state index is 0.119. The Morgan fingerprint density at radius 1 is 1.40 bits per heavy atom. The Labute approximate surface area is 90.2 Å². The average Bonchev–Trinajstić information content (AvgIpc) is 2.91. The Balaban J connectivity index is 2.09. The molecule has 15 heavy (non-hydrogen) atoms. The number of hydrogen-bond acceptors (Lipinski definition) is 1. The molecule has 0 bridgehead atoms. The summed E-state index contributed by atoms with van der Waals surface area (Å²) in [7, 11) is 0. The summed E-state index contributed by atoms with van der Waals surface area (Å²) in [5.74, 6) is 0.119. The Hall–Kier alpha value is -1.63. The molecular formula is C14H14O. The quantitative estimate of drug-likeness (QED) is 0.636. The number of hydrogen-bond donors (Lipinski definition) is 0. The Bertz CT molecular complexity index is 428. The molecular weight excluding hydrogens is 184 g/mol. The van der Waals surface area contributed by atoms with Crippen molar-refractivity contribution in [1.82, 2.24) is 0 Å². The second-order valence-corrected chi connectivity index (χ2v) is 3.81. The molecule has 0 aromatic rings. The zero-order chi connectivity index (χ0) is 10.7. The highest BCUT2D eigenvalue weighted by Crippen LogP contribution is 2.20. The molecule has 0 spiro atoms. The van der Waals surface area contributed by atoms with Gasteiger partial charge in [-0.05, 0) is 37.0 Å². The molecule has 2 rings (SSSR count). The summed E-state index contributed by atoms with van der Waals surface area (Å²) in [6.07, 6.45) is 15.6. The van der Waals surface area contributed by atoms with E-state index in [0.29, 0.717) is 0 Å². The lowest BCUT2D eigenvalue weighted by atomic mass is 10.0. The molecule has 0 fully saturated rings. The summed E-state index contributed by atoms with van der Waals surface area (Å²) >= 11 is 0. The van der Waals surface area contributed by atoms with Crippen molar-refractivity contribution in [3.8, 4) is 0 Å². The molecule has 0 radical (unpaired) electrons. The van der Waals surface area contributed by atoms with E-state index in [1.165, 1.54) is 5.57 Å². The van der Waals surface area contributed by atoms with E-state index in [1.54, 1.807) is 6.08 Å². The van der Waals surface area contributed by atoms with Gasteiger partial charge in [-0.2, -0.15) is 0 Å². The van der Waals surface area contributed by atoms with E-state index < -0.39 is 0 Å². The second-order valence-electron chi connectivity index (χ2n) is 3.81. The summed E-state index contributed by atoms with van der Waals surface area (Å²) in [5.41, 5.74) is 3.14. The molecule has 1 nitrogen and oxygen atoms in total. The van der Waals surface area contributed by atoms with Crippen LogP contribution in [0.5, 0.6) is 0 Å². The number of carbonyl (C=O) groups excluding carboxylic acids is 1. The Morgan fingerprint density at radius 3 is 2.87 bits per heavy atom. The molecule has 0 amide bonds. The molecule has 0 saturated carbocycles. The van der Waals surface area contributed by atoms with Crippen molar-refractivity contribution in [1.29, 1.82) is 0 Å². The van der Waals surface area contributed by atoms with Crippen molar-refractivity contribution in [3.05, 3.63) is 59.3 Å². The minimum Gasteiger partial charge on any atom is -0.289 e. The standard InChI is InChI=1S/C14H14O/c1-11(12-6-2-3-7-12)10-14(15)13-8-4-5-9-13/h2-4,6,8-10H,5,7H2,1H3/b11-10-. The van der Waals surface area contributed by atoms with E-state index in [-0.39, 0.29) is 5.78 Å². The van der Waals surface area contributed by atoms with Gasteiger partial charge in [0.25, 0.3) is 0 Å². The molecule has 0 N–H and O–H groups in total. The largest absolute Gasteiger partial charge is 0.289 e. The molecule has 0 unspecified atom stereocenters. The fourth-order valence-corrected chi connectivity index (χ4v) is 1.75. The van der Waals surface area contributed by atoms with E-state index in [9.17, 15) is 4.79 Å². The molecule has 1 heteroatoms. The topological polar surface area (TPSA) is 17.1 Å². The molecule has 0 saturated heterocycles. The SMILES string of the molecule is C/C(=C/C(=O)C1=CCC=C1)C1=CC=CC1. The number of allylic oxidation sites excluding steroid dienone is 10. The summed E-state index contributed by atoms with van der Waals surface area (Å²) in [5, 5.41) is 0. The van der Waals surface area contributed by atoms with Crippen LogP contribution in [0.4, 0.5) is 0 Å². The van der Waals surface area contributed by atoms with Gasteiger partial charge in [0.05, 0.1) is 0 Å². The van der Waals surface area contributed by atoms with E-state index >= 15 is 0 Å². The predicted octanol–water partition coefficient (Wildman–Crippen LogP) is 3.27. The highest BCUT2D eigenvalue weighted by molar-refractivity contribution is 6.07. The van der Waals surface area contributed by atoms with Gasteiger partial charge in [0.2, 0.25) is 0 Å². The van der Waals surface area contributed by atoms with Crippen molar-refractivity contribution in [2.24, 2.45) is 0 Å². The average molecular weight is 198 g/mol. The summed E-state index contributed by atoms with van der Waals surface area (Å²) < 4.78 is 0. The van der Waals surface area contributed by atoms with Crippen LogP contribution < -0.4 is 0 Å². The lowest BCUT2D eigenvalue weighted by molar-refractivity contribution is -0.111. The van der Waals surface area contributed by atoms with Crippen LogP contribution >= 0.6 is 0 Å². The van der Waals surface area contributed by atoms with Crippen molar-refractivity contribution in [2.45, 2.75) is 19.8 Å². The number of ketones is 1. The van der Waals surface area contributed by atoms with Crippen molar-refractivity contribution < 1.29 is 4.79 Å². The van der Waals surface area contributed by atoms with Crippen molar-refractivity contribution in [2.75, 3.05) is 0 Å². The van der Waals surface area contributed by atoms with Gasteiger partial charge < -0.3 is 0 Å². The van der Waals surface area contributed by atoms with Crippen LogP contribution in [0.15, 0.2) is 59.3 Å². The predicted molar refractivity (Wildman–Crippen MR) is 62.4 cm³/mol. The summed E-state index contributed by atoms with van der Waals surface area (Å²) in [4.78, 5) is 11.8. The smallest absolute Gasteiger partial charge is 0.185 e. The molecule has 0 aromatic carbocycles. The van der Waals surface area contributed by atoms with Gasteiger partial charge in [0.15, 0.2) is 5.78 Å². The zero-order valence-electron chi connectivity index (χ0n) is 8.86. The van der Waals surface area contributed by atoms with Gasteiger partial charge in [-0.25, -0.2) is 0 Å². The van der Waals surface area contributed by atoms with Crippen molar-refractivity contribution >= 4 is 5.78 Å². The monoisotopic (exact) mass is 198 g/mol. The first kappa shape index (κ1) is 9.91. The maximum Gasteiger partial charge on any atom is 0.185 e. The third-order valence-corrected chi connectivity index (χ3v) is 2.68. The van der Waals surface area contributed by atoms with Crippen LogP contribution in [-0.4, -0.2) is 5.78 Å². The maximum atomic E-state index is 11.8. The fourth-order valence-electron chi connectivity index (χ4n) is 1.75. The minimum absolute atomic E-state index is 0.119. The first-order chi connectivity index (χ1) is 7.27. The number of carbonyl (C=O) groups is 1. The highest BCUT2D eigenvalue weighted by Gasteiger charge is 2.08. The molecule has 0 aliphatic heterocycles. The van der Waals surface area contributed by atoms with Crippen molar-refractivity contribution in [3.63, 3.8) is 0 Å². The van der Waals surface area contributed by atoms with E-state index in [0.717, 1.165) is 24.0 Å². The Morgan fingerprint density at radius 2 is 2.27 bits per heavy atom. The van der Waals surface area contributed by atoms with Gasteiger partial charge in [0, 0.05) is 5.57 Å². The number of rotatable bonds is 3. The summed E-state index contributed by atoms with van der Waals surface area (Å²) in [6.45, 7) is 2.00. The lowest BCUT2D eigenvalue weighted by Crippen LogP contribution is -1.96. The van der Waals surface area contributed by atoms with Crippen LogP contribution in [0.2, 0.25) is 0 Å². The van der Waals surface area contributed by atoms with Gasteiger partial charge in [0.1, 0.15) is 0 Å². The summed E-state index contributed by atoms with van der Waals surface area (Å²) in [6, 6.07) is 0. The van der Waals surface area contributed by atoms with Gasteiger partial charge in [-0.1, -0.05) is 36.5 Å². The molecule has 2 aliphatic rings. The lowest BCUT2D eigenvalue weighted by Gasteiger charge is -2.01. The fraction of sp³-hybridized carbons (Fsp3) is 0.214. The van der Waals surface area contributed by atoms with Crippen LogP contribution in [0, 0.1) is 0 Å². The maximum absolute atomic E-state index is 11.8. The first-order valence-corrected chi connectivity index (χ1v) is 5.23. The third-order valence-electron chi connectivity index (χ3n) is 2.68. The van der Waals surface area contributed by atoms with Crippen LogP contribution in [-0.2, 0) is 4.79 Å². The molecule has 0 atom stereocenters. The molecule has 2 aliphatic carbocycles. The van der Waals surface area contributed by atoms with Gasteiger partial charge in [-0.15, -0.1) is 0 Å². The normalized spacial score (nSPS) is 19.4.